The molecule has 2 rings (SSSR count). The highest BCUT2D eigenvalue weighted by molar-refractivity contribution is 7.17. The first kappa shape index (κ1) is 9.66. The second-order valence-corrected chi connectivity index (χ2v) is 5.02. The quantitative estimate of drug-likeness (QED) is 0.726. The molecule has 0 fully saturated rings. The summed E-state index contributed by atoms with van der Waals surface area (Å²) in [5.41, 5.74) is 5.89. The van der Waals surface area contributed by atoms with Gasteiger partial charge in [0, 0.05) is 0 Å². The van der Waals surface area contributed by atoms with E-state index < -0.39 is 0 Å². The Bertz CT molecular complexity index is 443. The summed E-state index contributed by atoms with van der Waals surface area (Å²) in [7, 11) is 0. The van der Waals surface area contributed by atoms with Gasteiger partial charge in [-0.3, -0.25) is 0 Å². The molecule has 0 bridgehead atoms. The van der Waals surface area contributed by atoms with Crippen LogP contribution in [0.15, 0.2) is 17.6 Å². The minimum absolute atomic E-state index is 0.697. The second-order valence-electron chi connectivity index (χ2n) is 4.17. The van der Waals surface area contributed by atoms with E-state index in [4.69, 9.17) is 0 Å². The van der Waals surface area contributed by atoms with Crippen molar-refractivity contribution in [3.05, 3.63) is 28.8 Å². The van der Waals surface area contributed by atoms with Gasteiger partial charge < -0.3 is 0 Å². The lowest BCUT2D eigenvalue weighted by atomic mass is 10.0. The highest BCUT2D eigenvalue weighted by atomic mass is 32.1. The van der Waals surface area contributed by atoms with Crippen molar-refractivity contribution in [3.63, 3.8) is 0 Å². The molecule has 0 aliphatic rings. The molecule has 0 atom stereocenters. The van der Waals surface area contributed by atoms with E-state index in [-0.39, 0.29) is 0 Å². The van der Waals surface area contributed by atoms with Crippen molar-refractivity contribution < 1.29 is 0 Å². The van der Waals surface area contributed by atoms with Gasteiger partial charge >= 0.3 is 0 Å². The predicted octanol–water partition coefficient (Wildman–Crippen LogP) is 3.80. The first-order valence-corrected chi connectivity index (χ1v) is 5.88. The zero-order valence-corrected chi connectivity index (χ0v) is 9.69. The second kappa shape index (κ2) is 3.70. The number of fused-ring (bicyclic) bond motifs is 1. The summed E-state index contributed by atoms with van der Waals surface area (Å²) < 4.78 is 1.35. The van der Waals surface area contributed by atoms with Crippen LogP contribution in [0.3, 0.4) is 0 Å². The number of thiazole rings is 1. The molecule has 0 saturated carbocycles. The number of aryl methyl sites for hydroxylation is 1. The van der Waals surface area contributed by atoms with Crippen molar-refractivity contribution in [2.24, 2.45) is 5.92 Å². The molecule has 1 aromatic carbocycles. The van der Waals surface area contributed by atoms with E-state index in [0.717, 1.165) is 6.42 Å². The molecule has 0 amide bonds. The van der Waals surface area contributed by atoms with Crippen LogP contribution in [0.1, 0.15) is 25.0 Å². The lowest BCUT2D eigenvalue weighted by molar-refractivity contribution is 0.649. The lowest BCUT2D eigenvalue weighted by Crippen LogP contribution is -1.95. The Morgan fingerprint density at radius 2 is 2.14 bits per heavy atom. The fraction of sp³-hybridized carbons (Fsp3) is 0.417. The highest BCUT2D eigenvalue weighted by Crippen LogP contribution is 2.26. The summed E-state index contributed by atoms with van der Waals surface area (Å²) in [6, 6.07) is 4.43. The van der Waals surface area contributed by atoms with E-state index in [1.54, 1.807) is 11.3 Å². The summed E-state index contributed by atoms with van der Waals surface area (Å²) in [4.78, 5) is 4.45. The van der Waals surface area contributed by atoms with Crippen LogP contribution in [-0.2, 0) is 6.42 Å². The molecule has 2 heteroatoms. The number of hydrogen-bond acceptors (Lipinski definition) is 2. The van der Waals surface area contributed by atoms with Gasteiger partial charge in [-0.2, -0.15) is 0 Å². The van der Waals surface area contributed by atoms with Crippen LogP contribution < -0.4 is 0 Å². The predicted molar refractivity (Wildman–Crippen MR) is 62.9 cm³/mol. The third-order valence-electron chi connectivity index (χ3n) is 2.39. The van der Waals surface area contributed by atoms with Crippen molar-refractivity contribution in [2.75, 3.05) is 0 Å². The van der Waals surface area contributed by atoms with Crippen LogP contribution in [0.5, 0.6) is 0 Å². The summed E-state index contributed by atoms with van der Waals surface area (Å²) in [5.74, 6) is 0.697. The minimum Gasteiger partial charge on any atom is -0.244 e. The molecule has 0 aliphatic heterocycles. The van der Waals surface area contributed by atoms with Crippen LogP contribution in [0.2, 0.25) is 0 Å². The van der Waals surface area contributed by atoms with Gasteiger partial charge in [0.2, 0.25) is 0 Å². The van der Waals surface area contributed by atoms with Crippen LogP contribution in [0.4, 0.5) is 0 Å². The van der Waals surface area contributed by atoms with Gasteiger partial charge in [0.05, 0.1) is 15.7 Å². The minimum atomic E-state index is 0.697. The Morgan fingerprint density at radius 3 is 2.86 bits per heavy atom. The molecule has 0 radical (unpaired) electrons. The zero-order chi connectivity index (χ0) is 10.1. The van der Waals surface area contributed by atoms with Gasteiger partial charge in [0.25, 0.3) is 0 Å². The molecule has 0 N–H and O–H groups in total. The molecule has 2 aromatic rings. The van der Waals surface area contributed by atoms with Crippen LogP contribution in [0, 0.1) is 12.8 Å². The summed E-state index contributed by atoms with van der Waals surface area (Å²) >= 11 is 1.74. The molecule has 0 spiro atoms. The third-order valence-corrected chi connectivity index (χ3v) is 3.35. The van der Waals surface area contributed by atoms with E-state index in [2.05, 4.69) is 37.9 Å². The average molecular weight is 205 g/mol. The van der Waals surface area contributed by atoms with E-state index >= 15 is 0 Å². The molecule has 1 nitrogen and oxygen atoms in total. The molecule has 1 heterocycles. The first-order chi connectivity index (χ1) is 6.68. The van der Waals surface area contributed by atoms with Crippen molar-refractivity contribution >= 4 is 21.6 Å². The van der Waals surface area contributed by atoms with Gasteiger partial charge in [0.15, 0.2) is 0 Å². The molecular formula is C12H15NS. The van der Waals surface area contributed by atoms with Gasteiger partial charge in [-0.05, 0) is 30.4 Å². The highest BCUT2D eigenvalue weighted by Gasteiger charge is 2.07. The van der Waals surface area contributed by atoms with Crippen LogP contribution in [0.25, 0.3) is 10.2 Å². The molecule has 1 aromatic heterocycles. The first-order valence-electron chi connectivity index (χ1n) is 5.00. The molecular weight excluding hydrogens is 190 g/mol. The maximum Gasteiger partial charge on any atom is 0.0846 e. The fourth-order valence-electron chi connectivity index (χ4n) is 1.74. The topological polar surface area (TPSA) is 12.9 Å². The molecule has 0 aliphatic carbocycles. The molecule has 74 valence electrons. The van der Waals surface area contributed by atoms with Gasteiger partial charge in [-0.25, -0.2) is 4.98 Å². The van der Waals surface area contributed by atoms with E-state index in [1.807, 2.05) is 5.51 Å². The number of rotatable bonds is 2. The number of hydrogen-bond donors (Lipinski definition) is 0. The van der Waals surface area contributed by atoms with Crippen molar-refractivity contribution in [3.8, 4) is 0 Å². The van der Waals surface area contributed by atoms with E-state index in [0.29, 0.717) is 5.92 Å². The molecule has 0 saturated heterocycles. The normalized spacial score (nSPS) is 11.4. The Morgan fingerprint density at radius 1 is 1.36 bits per heavy atom. The monoisotopic (exact) mass is 205 g/mol. The Kier molecular flexibility index (Phi) is 2.55. The average Bonchev–Trinajstić information content (AvgIpc) is 2.58. The standard InChI is InChI=1S/C12H15NS/c1-8(2)6-10-5-4-9(3)12-11(10)13-7-14-12/h4-5,7-8H,6H2,1-3H3. The SMILES string of the molecule is Cc1ccc(CC(C)C)c2ncsc12. The summed E-state index contributed by atoms with van der Waals surface area (Å²) in [5, 5.41) is 0. The van der Waals surface area contributed by atoms with E-state index in [1.165, 1.54) is 21.3 Å². The third kappa shape index (κ3) is 1.67. The lowest BCUT2D eigenvalue weighted by Gasteiger charge is -2.06. The summed E-state index contributed by atoms with van der Waals surface area (Å²) in [6.45, 7) is 6.65. The van der Waals surface area contributed by atoms with E-state index in [9.17, 15) is 0 Å². The van der Waals surface area contributed by atoms with Crippen molar-refractivity contribution in [1.29, 1.82) is 0 Å². The van der Waals surface area contributed by atoms with Gasteiger partial charge in [-0.15, -0.1) is 11.3 Å². The summed E-state index contributed by atoms with van der Waals surface area (Å²) in [6.07, 6.45) is 1.13. The van der Waals surface area contributed by atoms with Crippen LogP contribution in [-0.4, -0.2) is 4.98 Å². The number of aromatic nitrogens is 1. The Balaban J connectivity index is 2.55. The smallest absolute Gasteiger partial charge is 0.0846 e. The zero-order valence-electron chi connectivity index (χ0n) is 8.87. The maximum atomic E-state index is 4.45. The van der Waals surface area contributed by atoms with Crippen molar-refractivity contribution in [2.45, 2.75) is 27.2 Å². The molecule has 14 heavy (non-hydrogen) atoms. The Labute approximate surface area is 88.8 Å². The van der Waals surface area contributed by atoms with Gasteiger partial charge in [-0.1, -0.05) is 26.0 Å². The number of benzene rings is 1. The maximum absolute atomic E-state index is 4.45. The van der Waals surface area contributed by atoms with Gasteiger partial charge in [0.1, 0.15) is 0 Å². The van der Waals surface area contributed by atoms with Crippen molar-refractivity contribution in [1.82, 2.24) is 4.98 Å². The number of nitrogens with zero attached hydrogens (tertiary/aromatic N) is 1. The molecule has 0 unspecified atom stereocenters. The van der Waals surface area contributed by atoms with Crippen LogP contribution >= 0.6 is 11.3 Å². The fourth-order valence-corrected chi connectivity index (χ4v) is 2.55. The Hall–Kier alpha value is -0.890. The largest absolute Gasteiger partial charge is 0.244 e.